The van der Waals surface area contributed by atoms with Crippen molar-refractivity contribution in [3.05, 3.63) is 76.4 Å². The zero-order valence-corrected chi connectivity index (χ0v) is 16.1. The number of hydrogen-bond acceptors (Lipinski definition) is 5. The van der Waals surface area contributed by atoms with Gasteiger partial charge in [-0.05, 0) is 41.6 Å². The molecule has 1 aliphatic heterocycles. The fourth-order valence-corrected chi connectivity index (χ4v) is 4.30. The van der Waals surface area contributed by atoms with Gasteiger partial charge in [0.1, 0.15) is 5.76 Å². The van der Waals surface area contributed by atoms with Gasteiger partial charge in [0.05, 0.1) is 18.8 Å². The number of fused-ring (bicyclic) bond motifs is 1. The maximum atomic E-state index is 12.3. The van der Waals surface area contributed by atoms with Crippen LogP contribution in [-0.2, 0) is 22.6 Å². The summed E-state index contributed by atoms with van der Waals surface area (Å²) in [7, 11) is 0. The Morgan fingerprint density at radius 2 is 1.93 bits per heavy atom. The number of hydrogen-bond donors (Lipinski definition) is 2. The summed E-state index contributed by atoms with van der Waals surface area (Å²) in [5.41, 5.74) is 2.50. The van der Waals surface area contributed by atoms with E-state index in [4.69, 9.17) is 4.42 Å². The quantitative estimate of drug-likeness (QED) is 0.630. The number of amides is 2. The molecule has 2 aromatic heterocycles. The van der Waals surface area contributed by atoms with E-state index in [1.807, 2.05) is 23.6 Å². The summed E-state index contributed by atoms with van der Waals surface area (Å²) in [5, 5.41) is 7.39. The van der Waals surface area contributed by atoms with Crippen molar-refractivity contribution in [1.29, 1.82) is 0 Å². The molecule has 7 heteroatoms. The van der Waals surface area contributed by atoms with E-state index in [1.165, 1.54) is 17.5 Å². The minimum atomic E-state index is -0.664. The monoisotopic (exact) mass is 395 g/mol. The Kier molecular flexibility index (Phi) is 5.43. The average Bonchev–Trinajstić information content (AvgIpc) is 3.48. The number of carbonyl (C=O) groups is 2. The maximum Gasteiger partial charge on any atom is 0.309 e. The lowest BCUT2D eigenvalue weighted by molar-refractivity contribution is -0.139. The minimum absolute atomic E-state index is 0.00882. The molecule has 1 atom stereocenters. The molecule has 3 heterocycles. The zero-order valence-electron chi connectivity index (χ0n) is 15.3. The Bertz CT molecular complexity index is 938. The van der Waals surface area contributed by atoms with Crippen LogP contribution in [0.15, 0.2) is 64.6 Å². The van der Waals surface area contributed by atoms with Gasteiger partial charge in [-0.25, -0.2) is 0 Å². The van der Waals surface area contributed by atoms with Gasteiger partial charge in [-0.3, -0.25) is 9.59 Å². The summed E-state index contributed by atoms with van der Waals surface area (Å²) in [6, 6.07) is 15.9. The van der Waals surface area contributed by atoms with Crippen LogP contribution in [0.4, 0.5) is 5.69 Å². The normalized spacial score (nSPS) is 13.8. The van der Waals surface area contributed by atoms with E-state index in [0.29, 0.717) is 12.3 Å². The Hall–Kier alpha value is -3.06. The number of anilines is 1. The second kappa shape index (κ2) is 8.31. The SMILES string of the molecule is O=C(NCc1ccco1)C(=O)NCC(c1cccs1)N1CCc2ccccc21. The van der Waals surface area contributed by atoms with Crippen molar-refractivity contribution in [2.75, 3.05) is 18.0 Å². The summed E-state index contributed by atoms with van der Waals surface area (Å²) in [5.74, 6) is -0.699. The molecule has 1 aliphatic rings. The summed E-state index contributed by atoms with van der Waals surface area (Å²) < 4.78 is 5.16. The van der Waals surface area contributed by atoms with Crippen LogP contribution in [0.3, 0.4) is 0 Å². The summed E-state index contributed by atoms with van der Waals surface area (Å²) in [6.45, 7) is 1.44. The molecular weight excluding hydrogens is 374 g/mol. The van der Waals surface area contributed by atoms with E-state index in [1.54, 1.807) is 23.5 Å². The third kappa shape index (κ3) is 3.94. The van der Waals surface area contributed by atoms with Crippen LogP contribution in [0, 0.1) is 0 Å². The van der Waals surface area contributed by atoms with Crippen molar-refractivity contribution in [2.45, 2.75) is 19.0 Å². The third-order valence-corrected chi connectivity index (χ3v) is 5.81. The van der Waals surface area contributed by atoms with Gasteiger partial charge in [-0.1, -0.05) is 24.3 Å². The van der Waals surface area contributed by atoms with Crippen LogP contribution in [0.2, 0.25) is 0 Å². The number of rotatable bonds is 6. The largest absolute Gasteiger partial charge is 0.467 e. The lowest BCUT2D eigenvalue weighted by atomic mass is 10.1. The van der Waals surface area contributed by atoms with Gasteiger partial charge in [0.2, 0.25) is 0 Å². The Morgan fingerprint density at radius 3 is 2.71 bits per heavy atom. The Morgan fingerprint density at radius 1 is 1.07 bits per heavy atom. The second-order valence-electron chi connectivity index (χ2n) is 6.58. The Balaban J connectivity index is 1.41. The highest BCUT2D eigenvalue weighted by atomic mass is 32.1. The molecular formula is C21H21N3O3S. The highest BCUT2D eigenvalue weighted by Crippen LogP contribution is 2.36. The molecule has 6 nitrogen and oxygen atoms in total. The van der Waals surface area contributed by atoms with Gasteiger partial charge < -0.3 is 20.0 Å². The van der Waals surface area contributed by atoms with E-state index in [0.717, 1.165) is 17.8 Å². The van der Waals surface area contributed by atoms with E-state index in [2.05, 4.69) is 33.7 Å². The molecule has 0 radical (unpaired) electrons. The third-order valence-electron chi connectivity index (χ3n) is 4.84. The van der Waals surface area contributed by atoms with E-state index in [-0.39, 0.29) is 12.6 Å². The summed E-state index contributed by atoms with van der Waals surface area (Å²) in [6.07, 6.45) is 2.51. The van der Waals surface area contributed by atoms with Crippen LogP contribution in [0.1, 0.15) is 22.2 Å². The maximum absolute atomic E-state index is 12.3. The topological polar surface area (TPSA) is 74.6 Å². The number of furan rings is 1. The zero-order chi connectivity index (χ0) is 19.3. The van der Waals surface area contributed by atoms with Crippen LogP contribution < -0.4 is 15.5 Å². The predicted molar refractivity (Wildman–Crippen MR) is 108 cm³/mol. The molecule has 1 aromatic carbocycles. The number of nitrogens with one attached hydrogen (secondary N) is 2. The first-order chi connectivity index (χ1) is 13.7. The van der Waals surface area contributed by atoms with Gasteiger partial charge >= 0.3 is 11.8 Å². The van der Waals surface area contributed by atoms with Crippen LogP contribution in [0.5, 0.6) is 0 Å². The number of para-hydroxylation sites is 1. The fourth-order valence-electron chi connectivity index (χ4n) is 3.46. The Labute approximate surface area is 167 Å². The molecule has 28 heavy (non-hydrogen) atoms. The molecule has 0 bridgehead atoms. The molecule has 0 aliphatic carbocycles. The highest BCUT2D eigenvalue weighted by Gasteiger charge is 2.28. The molecule has 1 unspecified atom stereocenters. The average molecular weight is 395 g/mol. The first kappa shape index (κ1) is 18.3. The van der Waals surface area contributed by atoms with Gasteiger partial charge in [0.25, 0.3) is 0 Å². The molecule has 0 saturated heterocycles. The number of thiophene rings is 1. The lowest BCUT2D eigenvalue weighted by Crippen LogP contribution is -2.43. The van der Waals surface area contributed by atoms with Gasteiger partial charge in [-0.2, -0.15) is 0 Å². The van der Waals surface area contributed by atoms with E-state index < -0.39 is 11.8 Å². The van der Waals surface area contributed by atoms with Crippen molar-refractivity contribution in [1.82, 2.24) is 10.6 Å². The summed E-state index contributed by atoms with van der Waals surface area (Å²) in [4.78, 5) is 27.8. The molecule has 2 amide bonds. The molecule has 3 aromatic rings. The highest BCUT2D eigenvalue weighted by molar-refractivity contribution is 7.10. The predicted octanol–water partition coefficient (Wildman–Crippen LogP) is 2.88. The standard InChI is InChI=1S/C21H21N3O3S/c25-20(22-13-16-6-3-11-27-16)21(26)23-14-18(19-8-4-12-28-19)24-10-9-15-5-1-2-7-17(15)24/h1-8,11-12,18H,9-10,13-14H2,(H,22,25)(H,23,26). The molecule has 2 N–H and O–H groups in total. The number of nitrogens with zero attached hydrogens (tertiary/aromatic N) is 1. The molecule has 0 spiro atoms. The smallest absolute Gasteiger partial charge is 0.309 e. The minimum Gasteiger partial charge on any atom is -0.467 e. The van der Waals surface area contributed by atoms with Gasteiger partial charge in [-0.15, -0.1) is 11.3 Å². The number of carbonyl (C=O) groups excluding carboxylic acids is 2. The molecule has 4 rings (SSSR count). The van der Waals surface area contributed by atoms with Gasteiger partial charge in [0, 0.05) is 23.7 Å². The van der Waals surface area contributed by atoms with Crippen LogP contribution in [-0.4, -0.2) is 24.9 Å². The number of benzene rings is 1. The molecule has 0 fully saturated rings. The van der Waals surface area contributed by atoms with E-state index in [9.17, 15) is 9.59 Å². The van der Waals surface area contributed by atoms with E-state index >= 15 is 0 Å². The van der Waals surface area contributed by atoms with Crippen molar-refractivity contribution < 1.29 is 14.0 Å². The van der Waals surface area contributed by atoms with Crippen molar-refractivity contribution in [3.63, 3.8) is 0 Å². The van der Waals surface area contributed by atoms with Crippen molar-refractivity contribution >= 4 is 28.8 Å². The lowest BCUT2D eigenvalue weighted by Gasteiger charge is -2.30. The fraction of sp³-hybridized carbons (Fsp3) is 0.238. The first-order valence-electron chi connectivity index (χ1n) is 9.19. The molecule has 144 valence electrons. The van der Waals surface area contributed by atoms with Gasteiger partial charge in [0.15, 0.2) is 0 Å². The molecule has 0 saturated carbocycles. The van der Waals surface area contributed by atoms with Crippen molar-refractivity contribution in [2.24, 2.45) is 0 Å². The van der Waals surface area contributed by atoms with Crippen LogP contribution >= 0.6 is 11.3 Å². The van der Waals surface area contributed by atoms with Crippen molar-refractivity contribution in [3.8, 4) is 0 Å². The first-order valence-corrected chi connectivity index (χ1v) is 10.1. The summed E-state index contributed by atoms with van der Waals surface area (Å²) >= 11 is 1.66. The second-order valence-corrected chi connectivity index (χ2v) is 7.55. The van der Waals surface area contributed by atoms with Crippen LogP contribution in [0.25, 0.3) is 0 Å².